The predicted octanol–water partition coefficient (Wildman–Crippen LogP) is 10.3. The molecule has 0 atom stereocenters. The van der Waals surface area contributed by atoms with E-state index >= 15 is 0 Å². The van der Waals surface area contributed by atoms with Crippen LogP contribution in [-0.4, -0.2) is 16.4 Å². The maximum Gasteiger partial charge on any atom is 0.109 e. The van der Waals surface area contributed by atoms with Gasteiger partial charge in [-0.1, -0.05) is 121 Å². The predicted molar refractivity (Wildman–Crippen MR) is 190 cm³/mol. The van der Waals surface area contributed by atoms with Crippen LogP contribution in [-0.2, 0) is 0 Å². The smallest absolute Gasteiger partial charge is 0.109 e. The normalized spacial score (nSPS) is 13.9. The summed E-state index contributed by atoms with van der Waals surface area (Å²) in [4.78, 5) is 4.43. The van der Waals surface area contributed by atoms with Crippen LogP contribution in [0.5, 0.6) is 0 Å². The van der Waals surface area contributed by atoms with Crippen molar-refractivity contribution in [3.05, 3.63) is 164 Å². The zero-order valence-electron chi connectivity index (χ0n) is 24.4. The molecule has 0 fully saturated rings. The standard InChI is InChI=1S/C41H28N4/c42-38-23-20-29(24-39(38)45-44-31-21-18-27(19-22-31)37-26-43-25-30-12-4-5-13-32(30)37)41-35-16-8-6-14-33(35)40(28-10-2-1-3-11-28)34-15-7-9-17-36(34)41/h1-26,42,44H/b42-38?,45-39-. The minimum atomic E-state index is 0.360. The molecule has 0 spiro atoms. The van der Waals surface area contributed by atoms with Crippen molar-refractivity contribution in [2.24, 2.45) is 5.10 Å². The van der Waals surface area contributed by atoms with E-state index in [1.54, 1.807) is 0 Å². The van der Waals surface area contributed by atoms with Gasteiger partial charge in [-0.15, -0.1) is 0 Å². The van der Waals surface area contributed by atoms with Gasteiger partial charge in [0.25, 0.3) is 0 Å². The number of nitrogens with one attached hydrogen (secondary N) is 2. The highest BCUT2D eigenvalue weighted by Gasteiger charge is 2.19. The van der Waals surface area contributed by atoms with Gasteiger partial charge in [0.15, 0.2) is 0 Å². The Balaban J connectivity index is 1.18. The van der Waals surface area contributed by atoms with Gasteiger partial charge >= 0.3 is 0 Å². The lowest BCUT2D eigenvalue weighted by Crippen LogP contribution is -2.14. The Morgan fingerprint density at radius 1 is 0.533 bits per heavy atom. The second kappa shape index (κ2) is 11.2. The molecule has 0 bridgehead atoms. The Labute approximate surface area is 261 Å². The van der Waals surface area contributed by atoms with Crippen molar-refractivity contribution in [1.82, 2.24) is 4.98 Å². The lowest BCUT2D eigenvalue weighted by atomic mass is 9.84. The lowest BCUT2D eigenvalue weighted by Gasteiger charge is -2.19. The van der Waals surface area contributed by atoms with Gasteiger partial charge in [0, 0.05) is 23.3 Å². The van der Waals surface area contributed by atoms with Crippen LogP contribution in [0.25, 0.3) is 60.1 Å². The summed E-state index contributed by atoms with van der Waals surface area (Å²) in [5.41, 5.74) is 11.8. The molecule has 6 aromatic carbocycles. The molecule has 1 aliphatic rings. The second-order valence-corrected chi connectivity index (χ2v) is 11.1. The van der Waals surface area contributed by atoms with E-state index in [1.165, 1.54) is 38.1 Å². The molecular weight excluding hydrogens is 548 g/mol. The first kappa shape index (κ1) is 26.5. The summed E-state index contributed by atoms with van der Waals surface area (Å²) in [5, 5.41) is 20.4. The van der Waals surface area contributed by atoms with E-state index in [9.17, 15) is 0 Å². The van der Waals surface area contributed by atoms with Gasteiger partial charge in [-0.25, -0.2) is 0 Å². The van der Waals surface area contributed by atoms with E-state index in [2.05, 4.69) is 125 Å². The molecule has 0 saturated heterocycles. The minimum absolute atomic E-state index is 0.360. The number of nitrogens with zero attached hydrogens (tertiary/aromatic N) is 2. The van der Waals surface area contributed by atoms with Crippen molar-refractivity contribution < 1.29 is 0 Å². The first-order valence-electron chi connectivity index (χ1n) is 15.0. The van der Waals surface area contributed by atoms with Crippen molar-refractivity contribution in [3.63, 3.8) is 0 Å². The molecule has 1 aromatic heterocycles. The third-order valence-electron chi connectivity index (χ3n) is 8.45. The molecule has 0 saturated carbocycles. The fraction of sp³-hybridized carbons (Fsp3) is 0. The molecule has 7 aromatic rings. The first-order valence-corrected chi connectivity index (χ1v) is 15.0. The number of allylic oxidation sites excluding steroid dienone is 4. The number of pyridine rings is 1. The molecular formula is C41H28N4. The number of benzene rings is 6. The number of rotatable bonds is 5. The van der Waals surface area contributed by atoms with Gasteiger partial charge < -0.3 is 0 Å². The molecule has 0 radical (unpaired) electrons. The zero-order chi connectivity index (χ0) is 30.2. The van der Waals surface area contributed by atoms with Gasteiger partial charge in [0.2, 0.25) is 0 Å². The third kappa shape index (κ3) is 4.79. The van der Waals surface area contributed by atoms with E-state index in [0.29, 0.717) is 11.4 Å². The Hall–Kier alpha value is -6.13. The number of hydrogen-bond acceptors (Lipinski definition) is 4. The number of hydrogen-bond donors (Lipinski definition) is 2. The number of hydrazone groups is 1. The van der Waals surface area contributed by atoms with Gasteiger partial charge in [0.05, 0.1) is 11.4 Å². The Kier molecular flexibility index (Phi) is 6.58. The minimum Gasteiger partial charge on any atom is -0.299 e. The SMILES string of the molecule is N=C1C=CC(c2c3ccccc3c(-c3ccccc3)c3ccccc23)=C/C1=N/Nc1ccc(-c2cncc3ccccc23)cc1. The number of fused-ring (bicyclic) bond motifs is 3. The largest absolute Gasteiger partial charge is 0.299 e. The Morgan fingerprint density at radius 2 is 1.13 bits per heavy atom. The van der Waals surface area contributed by atoms with E-state index in [1.807, 2.05) is 48.8 Å². The van der Waals surface area contributed by atoms with E-state index < -0.39 is 0 Å². The summed E-state index contributed by atoms with van der Waals surface area (Å²) in [6, 6.07) is 44.3. The fourth-order valence-corrected chi connectivity index (χ4v) is 6.33. The summed E-state index contributed by atoms with van der Waals surface area (Å²) < 4.78 is 0. The van der Waals surface area contributed by atoms with Crippen molar-refractivity contribution in [1.29, 1.82) is 5.41 Å². The first-order chi connectivity index (χ1) is 22.2. The quantitative estimate of drug-likeness (QED) is 0.122. The third-order valence-corrected chi connectivity index (χ3v) is 8.45. The molecule has 4 nitrogen and oxygen atoms in total. The molecule has 212 valence electrons. The topological polar surface area (TPSA) is 61.1 Å². The molecule has 0 amide bonds. The van der Waals surface area contributed by atoms with Crippen LogP contribution in [0, 0.1) is 5.41 Å². The van der Waals surface area contributed by atoms with Crippen molar-refractivity contribution >= 4 is 55.0 Å². The van der Waals surface area contributed by atoms with Crippen LogP contribution < -0.4 is 5.43 Å². The molecule has 45 heavy (non-hydrogen) atoms. The van der Waals surface area contributed by atoms with Gasteiger partial charge in [-0.05, 0) is 79.0 Å². The monoisotopic (exact) mass is 576 g/mol. The number of anilines is 1. The second-order valence-electron chi connectivity index (χ2n) is 11.1. The summed E-state index contributed by atoms with van der Waals surface area (Å²) in [5.74, 6) is 0. The molecule has 8 rings (SSSR count). The average molecular weight is 577 g/mol. The Morgan fingerprint density at radius 3 is 1.82 bits per heavy atom. The fourth-order valence-electron chi connectivity index (χ4n) is 6.33. The average Bonchev–Trinajstić information content (AvgIpc) is 3.10. The van der Waals surface area contributed by atoms with Crippen LogP contribution in [0.4, 0.5) is 5.69 Å². The van der Waals surface area contributed by atoms with Crippen LogP contribution in [0.15, 0.2) is 163 Å². The highest BCUT2D eigenvalue weighted by Crippen LogP contribution is 2.42. The van der Waals surface area contributed by atoms with Crippen molar-refractivity contribution in [2.45, 2.75) is 0 Å². The maximum absolute atomic E-state index is 8.65. The van der Waals surface area contributed by atoms with Crippen molar-refractivity contribution in [2.75, 3.05) is 5.43 Å². The molecule has 4 heteroatoms. The summed E-state index contributed by atoms with van der Waals surface area (Å²) in [7, 11) is 0. The van der Waals surface area contributed by atoms with Crippen LogP contribution in [0.1, 0.15) is 5.56 Å². The molecule has 1 aliphatic carbocycles. The summed E-state index contributed by atoms with van der Waals surface area (Å²) in [6.45, 7) is 0. The van der Waals surface area contributed by atoms with Crippen LogP contribution >= 0.6 is 0 Å². The zero-order valence-corrected chi connectivity index (χ0v) is 24.4. The van der Waals surface area contributed by atoms with Crippen molar-refractivity contribution in [3.8, 4) is 22.3 Å². The highest BCUT2D eigenvalue weighted by molar-refractivity contribution is 6.52. The van der Waals surface area contributed by atoms with E-state index in [0.717, 1.165) is 33.3 Å². The van der Waals surface area contributed by atoms with Gasteiger partial charge in [-0.2, -0.15) is 5.10 Å². The van der Waals surface area contributed by atoms with E-state index in [4.69, 9.17) is 5.41 Å². The summed E-state index contributed by atoms with van der Waals surface area (Å²) in [6.07, 6.45) is 9.68. The summed E-state index contributed by atoms with van der Waals surface area (Å²) >= 11 is 0. The van der Waals surface area contributed by atoms with E-state index in [-0.39, 0.29) is 0 Å². The van der Waals surface area contributed by atoms with Crippen LogP contribution in [0.2, 0.25) is 0 Å². The molecule has 2 N–H and O–H groups in total. The van der Waals surface area contributed by atoms with Gasteiger partial charge in [-0.3, -0.25) is 15.8 Å². The molecule has 0 aliphatic heterocycles. The van der Waals surface area contributed by atoms with Crippen LogP contribution in [0.3, 0.4) is 0 Å². The number of aromatic nitrogens is 1. The lowest BCUT2D eigenvalue weighted by molar-refractivity contribution is 1.34. The molecule has 0 unspecified atom stereocenters. The Bertz CT molecular complexity index is 2280. The molecule has 1 heterocycles. The van der Waals surface area contributed by atoms with Gasteiger partial charge in [0.1, 0.15) is 5.71 Å². The highest BCUT2D eigenvalue weighted by atomic mass is 15.3. The maximum atomic E-state index is 8.65.